The predicted octanol–water partition coefficient (Wildman–Crippen LogP) is 2.66. The molecule has 0 unspecified atom stereocenters. The molecule has 3 nitrogen and oxygen atoms in total. The lowest BCUT2D eigenvalue weighted by Crippen LogP contribution is -2.28. The van der Waals surface area contributed by atoms with Crippen LogP contribution in [0, 0.1) is 11.3 Å². The normalized spacial score (nSPS) is 9.71. The second-order valence-corrected chi connectivity index (χ2v) is 4.77. The summed E-state index contributed by atoms with van der Waals surface area (Å²) in [5.41, 5.74) is 1.34. The molecule has 17 heavy (non-hydrogen) atoms. The van der Waals surface area contributed by atoms with Crippen molar-refractivity contribution in [3.05, 3.63) is 29.8 Å². The van der Waals surface area contributed by atoms with Gasteiger partial charge in [-0.05, 0) is 30.4 Å². The summed E-state index contributed by atoms with van der Waals surface area (Å²) in [5.74, 6) is 1.55. The van der Waals surface area contributed by atoms with E-state index in [-0.39, 0.29) is 5.91 Å². The Bertz CT molecular complexity index is 426. The Kier molecular flexibility index (Phi) is 5.58. The molecule has 1 rings (SSSR count). The van der Waals surface area contributed by atoms with Crippen molar-refractivity contribution in [2.45, 2.75) is 13.3 Å². The number of nitriles is 1. The molecular formula is C13H16N2OS. The van der Waals surface area contributed by atoms with Gasteiger partial charge in [0, 0.05) is 12.7 Å². The van der Waals surface area contributed by atoms with Gasteiger partial charge in [-0.2, -0.15) is 17.0 Å². The van der Waals surface area contributed by atoms with Crippen LogP contribution in [0.3, 0.4) is 0 Å². The molecule has 0 aliphatic carbocycles. The number of rotatable bonds is 5. The summed E-state index contributed by atoms with van der Waals surface area (Å²) >= 11 is 1.64. The van der Waals surface area contributed by atoms with Gasteiger partial charge in [-0.3, -0.25) is 4.79 Å². The van der Waals surface area contributed by atoms with Crippen LogP contribution in [0.5, 0.6) is 0 Å². The molecule has 90 valence electrons. The van der Waals surface area contributed by atoms with E-state index in [9.17, 15) is 4.79 Å². The fourth-order valence-corrected chi connectivity index (χ4v) is 2.13. The first kappa shape index (κ1) is 13.6. The molecule has 0 aliphatic rings. The number of amides is 1. The number of carbonyl (C=O) groups is 1. The van der Waals surface area contributed by atoms with Crippen LogP contribution in [0.2, 0.25) is 0 Å². The second-order valence-electron chi connectivity index (χ2n) is 3.67. The van der Waals surface area contributed by atoms with Gasteiger partial charge in [0.1, 0.15) is 0 Å². The van der Waals surface area contributed by atoms with Crippen molar-refractivity contribution in [1.29, 1.82) is 5.26 Å². The third-order valence-corrected chi connectivity index (χ3v) is 3.46. The number of benzene rings is 1. The van der Waals surface area contributed by atoms with E-state index in [2.05, 4.69) is 13.0 Å². The van der Waals surface area contributed by atoms with Crippen LogP contribution >= 0.6 is 11.8 Å². The highest BCUT2D eigenvalue weighted by atomic mass is 32.2. The average molecular weight is 248 g/mol. The predicted molar refractivity (Wildman–Crippen MR) is 72.2 cm³/mol. The highest BCUT2D eigenvalue weighted by Crippen LogP contribution is 2.15. The maximum atomic E-state index is 11.8. The van der Waals surface area contributed by atoms with E-state index in [1.165, 1.54) is 0 Å². The van der Waals surface area contributed by atoms with Gasteiger partial charge >= 0.3 is 0 Å². The molecule has 0 spiro atoms. The van der Waals surface area contributed by atoms with E-state index in [0.29, 0.717) is 11.3 Å². The van der Waals surface area contributed by atoms with Crippen LogP contribution < -0.4 is 4.90 Å². The molecule has 1 aromatic rings. The minimum Gasteiger partial charge on any atom is -0.315 e. The van der Waals surface area contributed by atoms with Crippen molar-refractivity contribution in [2.24, 2.45) is 0 Å². The van der Waals surface area contributed by atoms with Crippen LogP contribution in [-0.4, -0.2) is 24.5 Å². The lowest BCUT2D eigenvalue weighted by Gasteiger charge is -2.17. The fraction of sp³-hybridized carbons (Fsp3) is 0.385. The van der Waals surface area contributed by atoms with E-state index >= 15 is 0 Å². The first-order valence-corrected chi connectivity index (χ1v) is 6.69. The zero-order valence-corrected chi connectivity index (χ0v) is 11.0. The third-order valence-electron chi connectivity index (χ3n) is 2.31. The van der Waals surface area contributed by atoms with Crippen LogP contribution in [0.15, 0.2) is 24.3 Å². The van der Waals surface area contributed by atoms with Crippen molar-refractivity contribution >= 4 is 23.4 Å². The fourth-order valence-electron chi connectivity index (χ4n) is 1.33. The molecule has 0 saturated carbocycles. The Morgan fingerprint density at radius 1 is 1.53 bits per heavy atom. The molecule has 0 radical (unpaired) electrons. The van der Waals surface area contributed by atoms with Crippen molar-refractivity contribution in [3.63, 3.8) is 0 Å². The summed E-state index contributed by atoms with van der Waals surface area (Å²) in [6, 6.07) is 9.15. The van der Waals surface area contributed by atoms with E-state index in [1.807, 2.05) is 6.07 Å². The Hall–Kier alpha value is -1.47. The Morgan fingerprint density at radius 2 is 2.29 bits per heavy atom. The SMILES string of the molecule is CCCSCC(=O)N(C)c1cccc(C#N)c1. The molecule has 0 bridgehead atoms. The van der Waals surface area contributed by atoms with E-state index < -0.39 is 0 Å². The van der Waals surface area contributed by atoms with Gasteiger partial charge in [-0.1, -0.05) is 13.0 Å². The lowest BCUT2D eigenvalue weighted by atomic mass is 10.2. The van der Waals surface area contributed by atoms with Crippen molar-refractivity contribution in [2.75, 3.05) is 23.5 Å². The monoisotopic (exact) mass is 248 g/mol. The number of anilines is 1. The molecule has 0 heterocycles. The van der Waals surface area contributed by atoms with Crippen molar-refractivity contribution < 1.29 is 4.79 Å². The second kappa shape index (κ2) is 6.97. The maximum Gasteiger partial charge on any atom is 0.236 e. The van der Waals surface area contributed by atoms with Crippen LogP contribution in [-0.2, 0) is 4.79 Å². The Balaban J connectivity index is 2.65. The Labute approximate surface area is 106 Å². The maximum absolute atomic E-state index is 11.8. The number of thioether (sulfide) groups is 1. The van der Waals surface area contributed by atoms with Gasteiger partial charge in [0.05, 0.1) is 17.4 Å². The molecule has 0 saturated heterocycles. The van der Waals surface area contributed by atoms with Crippen LogP contribution in [0.1, 0.15) is 18.9 Å². The van der Waals surface area contributed by atoms with E-state index in [4.69, 9.17) is 5.26 Å². The third kappa shape index (κ3) is 4.12. The smallest absolute Gasteiger partial charge is 0.236 e. The average Bonchev–Trinajstić information content (AvgIpc) is 2.38. The molecule has 4 heteroatoms. The first-order chi connectivity index (χ1) is 8.19. The van der Waals surface area contributed by atoms with E-state index in [0.717, 1.165) is 17.9 Å². The zero-order chi connectivity index (χ0) is 12.7. The van der Waals surface area contributed by atoms with Gasteiger partial charge in [0.2, 0.25) is 5.91 Å². The molecule has 1 aromatic carbocycles. The lowest BCUT2D eigenvalue weighted by molar-refractivity contribution is -0.115. The largest absolute Gasteiger partial charge is 0.315 e. The molecule has 1 amide bonds. The molecule has 0 fully saturated rings. The molecule has 0 aliphatic heterocycles. The summed E-state index contributed by atoms with van der Waals surface area (Å²) in [6.45, 7) is 2.09. The number of hydrogen-bond acceptors (Lipinski definition) is 3. The molecular weight excluding hydrogens is 232 g/mol. The highest BCUT2D eigenvalue weighted by molar-refractivity contribution is 7.99. The van der Waals surface area contributed by atoms with E-state index in [1.54, 1.807) is 41.9 Å². The van der Waals surface area contributed by atoms with Gasteiger partial charge < -0.3 is 4.90 Å². The number of hydrogen-bond donors (Lipinski definition) is 0. The number of carbonyl (C=O) groups excluding carboxylic acids is 1. The summed E-state index contributed by atoms with van der Waals surface area (Å²) in [7, 11) is 1.74. The summed E-state index contributed by atoms with van der Waals surface area (Å²) in [4.78, 5) is 13.4. The molecule has 0 N–H and O–H groups in total. The first-order valence-electron chi connectivity index (χ1n) is 5.53. The van der Waals surface area contributed by atoms with Gasteiger partial charge in [-0.15, -0.1) is 0 Å². The zero-order valence-electron chi connectivity index (χ0n) is 10.1. The minimum absolute atomic E-state index is 0.0681. The van der Waals surface area contributed by atoms with Gasteiger partial charge in [-0.25, -0.2) is 0 Å². The number of nitrogens with zero attached hydrogens (tertiary/aromatic N) is 2. The Morgan fingerprint density at radius 3 is 2.94 bits per heavy atom. The topological polar surface area (TPSA) is 44.1 Å². The standard InChI is InChI=1S/C13H16N2OS/c1-3-7-17-10-13(16)15(2)12-6-4-5-11(8-12)9-14/h4-6,8H,3,7,10H2,1-2H3. The summed E-state index contributed by atoms with van der Waals surface area (Å²) in [6.07, 6.45) is 1.07. The quantitative estimate of drug-likeness (QED) is 0.752. The molecule has 0 atom stereocenters. The summed E-state index contributed by atoms with van der Waals surface area (Å²) in [5, 5.41) is 8.80. The van der Waals surface area contributed by atoms with Crippen molar-refractivity contribution in [1.82, 2.24) is 0 Å². The van der Waals surface area contributed by atoms with Gasteiger partial charge in [0.25, 0.3) is 0 Å². The van der Waals surface area contributed by atoms with Crippen LogP contribution in [0.25, 0.3) is 0 Å². The minimum atomic E-state index is 0.0681. The van der Waals surface area contributed by atoms with Crippen molar-refractivity contribution in [3.8, 4) is 6.07 Å². The van der Waals surface area contributed by atoms with Gasteiger partial charge in [0.15, 0.2) is 0 Å². The van der Waals surface area contributed by atoms with Crippen LogP contribution in [0.4, 0.5) is 5.69 Å². The summed E-state index contributed by atoms with van der Waals surface area (Å²) < 4.78 is 0. The molecule has 0 aromatic heterocycles. The highest BCUT2D eigenvalue weighted by Gasteiger charge is 2.10.